The molecule has 0 amide bonds. The third-order valence-electron chi connectivity index (χ3n) is 2.52. The summed E-state index contributed by atoms with van der Waals surface area (Å²) in [5.74, 6) is -0.249. The first-order valence-corrected chi connectivity index (χ1v) is 5.38. The minimum absolute atomic E-state index is 0.249. The highest BCUT2D eigenvalue weighted by Gasteiger charge is 2.41. The minimum atomic E-state index is -0.424. The van der Waals surface area contributed by atoms with E-state index >= 15 is 0 Å². The Balaban J connectivity index is 2.36. The molecule has 1 aliphatic heterocycles. The van der Waals surface area contributed by atoms with E-state index in [9.17, 15) is 4.79 Å². The number of carbonyl (C=O) groups excluding carboxylic acids is 1. The maximum absolute atomic E-state index is 11.1. The van der Waals surface area contributed by atoms with Crippen LogP contribution in [0.15, 0.2) is 0 Å². The molecule has 1 rings (SSSR count). The molecule has 2 atom stereocenters. The molecule has 0 bridgehead atoms. The second-order valence-electron chi connectivity index (χ2n) is 4.00. The van der Waals surface area contributed by atoms with E-state index in [1.54, 1.807) is 0 Å². The van der Waals surface area contributed by atoms with Gasteiger partial charge in [0.05, 0.1) is 0 Å². The molecule has 0 spiro atoms. The second kappa shape index (κ2) is 4.32. The van der Waals surface area contributed by atoms with Crippen LogP contribution in [0.4, 0.5) is 0 Å². The van der Waals surface area contributed by atoms with Gasteiger partial charge in [-0.2, -0.15) is 0 Å². The van der Waals surface area contributed by atoms with E-state index in [1.807, 2.05) is 6.92 Å². The maximum atomic E-state index is 11.1. The SMILES string of the molecule is CCCCCC1(C)CC(Cl)C(=O)O1. The molecule has 0 aromatic rings. The van der Waals surface area contributed by atoms with Gasteiger partial charge in [-0.1, -0.05) is 19.8 Å². The summed E-state index contributed by atoms with van der Waals surface area (Å²) in [6.07, 6.45) is 5.10. The summed E-state index contributed by atoms with van der Waals surface area (Å²) < 4.78 is 5.24. The van der Waals surface area contributed by atoms with Crippen molar-refractivity contribution in [3.63, 3.8) is 0 Å². The molecule has 1 aliphatic rings. The van der Waals surface area contributed by atoms with Crippen molar-refractivity contribution in [1.82, 2.24) is 0 Å². The number of hydrogen-bond acceptors (Lipinski definition) is 2. The fourth-order valence-corrected chi connectivity index (χ4v) is 2.08. The second-order valence-corrected chi connectivity index (χ2v) is 4.53. The van der Waals surface area contributed by atoms with Gasteiger partial charge in [-0.3, -0.25) is 4.79 Å². The maximum Gasteiger partial charge on any atom is 0.324 e. The van der Waals surface area contributed by atoms with Crippen molar-refractivity contribution in [2.45, 2.75) is 56.9 Å². The Morgan fingerprint density at radius 1 is 1.62 bits per heavy atom. The molecule has 1 fully saturated rings. The van der Waals surface area contributed by atoms with Crippen LogP contribution in [0.2, 0.25) is 0 Å². The Labute approximate surface area is 84.6 Å². The highest BCUT2D eigenvalue weighted by molar-refractivity contribution is 6.30. The fourth-order valence-electron chi connectivity index (χ4n) is 1.71. The van der Waals surface area contributed by atoms with Crippen LogP contribution in [0.3, 0.4) is 0 Å². The number of rotatable bonds is 4. The number of hydrogen-bond donors (Lipinski definition) is 0. The zero-order valence-corrected chi connectivity index (χ0v) is 9.06. The number of cyclic esters (lactones) is 1. The van der Waals surface area contributed by atoms with Gasteiger partial charge in [0.15, 0.2) is 0 Å². The van der Waals surface area contributed by atoms with Crippen LogP contribution in [0.25, 0.3) is 0 Å². The summed E-state index contributed by atoms with van der Waals surface area (Å²) >= 11 is 5.79. The molecule has 0 saturated carbocycles. The number of esters is 1. The van der Waals surface area contributed by atoms with E-state index in [0.29, 0.717) is 6.42 Å². The molecule has 13 heavy (non-hydrogen) atoms. The third-order valence-corrected chi connectivity index (χ3v) is 2.86. The zero-order chi connectivity index (χ0) is 9.90. The van der Waals surface area contributed by atoms with Gasteiger partial charge in [-0.25, -0.2) is 0 Å². The van der Waals surface area contributed by atoms with E-state index in [4.69, 9.17) is 16.3 Å². The minimum Gasteiger partial charge on any atom is -0.458 e. The molecule has 2 nitrogen and oxygen atoms in total. The third kappa shape index (κ3) is 2.87. The average Bonchev–Trinajstić information content (AvgIpc) is 2.27. The van der Waals surface area contributed by atoms with Crippen LogP contribution >= 0.6 is 11.6 Å². The van der Waals surface area contributed by atoms with E-state index in [2.05, 4.69) is 6.92 Å². The average molecular weight is 205 g/mol. The molecule has 0 aliphatic carbocycles. The smallest absolute Gasteiger partial charge is 0.324 e. The Kier molecular flexibility index (Phi) is 3.60. The molecular formula is C10H17ClO2. The molecule has 0 aromatic carbocycles. The summed E-state index contributed by atoms with van der Waals surface area (Å²) in [6, 6.07) is 0. The first-order chi connectivity index (χ1) is 6.07. The molecule has 1 heterocycles. The fraction of sp³-hybridized carbons (Fsp3) is 0.900. The van der Waals surface area contributed by atoms with Crippen LogP contribution in [0, 0.1) is 0 Å². The van der Waals surface area contributed by atoms with Crippen molar-refractivity contribution in [1.29, 1.82) is 0 Å². The topological polar surface area (TPSA) is 26.3 Å². The van der Waals surface area contributed by atoms with Gasteiger partial charge in [0.2, 0.25) is 0 Å². The standard InChI is InChI=1S/C10H17ClO2/c1-3-4-5-6-10(2)7-8(11)9(12)13-10/h8H,3-7H2,1-2H3. The van der Waals surface area contributed by atoms with Gasteiger partial charge in [-0.15, -0.1) is 11.6 Å². The van der Waals surface area contributed by atoms with Gasteiger partial charge in [0.25, 0.3) is 0 Å². The number of carbonyl (C=O) groups is 1. The zero-order valence-electron chi connectivity index (χ0n) is 8.31. The Bertz CT molecular complexity index is 193. The molecule has 76 valence electrons. The first kappa shape index (κ1) is 10.8. The highest BCUT2D eigenvalue weighted by Crippen LogP contribution is 2.33. The first-order valence-electron chi connectivity index (χ1n) is 4.94. The van der Waals surface area contributed by atoms with Gasteiger partial charge in [0.1, 0.15) is 11.0 Å². The summed E-state index contributed by atoms with van der Waals surface area (Å²) in [6.45, 7) is 4.14. The largest absolute Gasteiger partial charge is 0.458 e. The van der Waals surface area contributed by atoms with Crippen molar-refractivity contribution in [3.8, 4) is 0 Å². The van der Waals surface area contributed by atoms with Crippen LogP contribution in [-0.4, -0.2) is 16.9 Å². The number of ether oxygens (including phenoxy) is 1. The van der Waals surface area contributed by atoms with Gasteiger partial charge < -0.3 is 4.74 Å². The van der Waals surface area contributed by atoms with Crippen LogP contribution in [0.5, 0.6) is 0 Å². The van der Waals surface area contributed by atoms with Gasteiger partial charge in [0, 0.05) is 6.42 Å². The molecule has 2 unspecified atom stereocenters. The predicted molar refractivity (Wildman–Crippen MR) is 52.9 cm³/mol. The molecule has 1 saturated heterocycles. The van der Waals surface area contributed by atoms with E-state index in [0.717, 1.165) is 12.8 Å². The van der Waals surface area contributed by atoms with Crippen molar-refractivity contribution >= 4 is 17.6 Å². The predicted octanol–water partition coefficient (Wildman–Crippen LogP) is 2.88. The molecule has 0 aromatic heterocycles. The van der Waals surface area contributed by atoms with Crippen molar-refractivity contribution < 1.29 is 9.53 Å². The van der Waals surface area contributed by atoms with Crippen molar-refractivity contribution in [2.24, 2.45) is 0 Å². The lowest BCUT2D eigenvalue weighted by Gasteiger charge is -2.21. The van der Waals surface area contributed by atoms with Crippen molar-refractivity contribution in [3.05, 3.63) is 0 Å². The van der Waals surface area contributed by atoms with E-state index in [1.165, 1.54) is 12.8 Å². The van der Waals surface area contributed by atoms with Crippen LogP contribution in [0.1, 0.15) is 46.0 Å². The Hall–Kier alpha value is -0.240. The van der Waals surface area contributed by atoms with Gasteiger partial charge in [-0.05, 0) is 19.8 Å². The van der Waals surface area contributed by atoms with Crippen LogP contribution < -0.4 is 0 Å². The summed E-state index contributed by atoms with van der Waals surface area (Å²) in [5.41, 5.74) is -0.293. The monoisotopic (exact) mass is 204 g/mol. The number of unbranched alkanes of at least 4 members (excludes halogenated alkanes) is 2. The lowest BCUT2D eigenvalue weighted by molar-refractivity contribution is -0.147. The molecule has 0 N–H and O–H groups in total. The Morgan fingerprint density at radius 3 is 2.77 bits per heavy atom. The molecule has 0 radical (unpaired) electrons. The van der Waals surface area contributed by atoms with E-state index < -0.39 is 5.38 Å². The number of alkyl halides is 1. The summed E-state index contributed by atoms with van der Waals surface area (Å²) in [5, 5.41) is -0.424. The lowest BCUT2D eigenvalue weighted by Crippen LogP contribution is -2.23. The highest BCUT2D eigenvalue weighted by atomic mass is 35.5. The quantitative estimate of drug-likeness (QED) is 0.400. The van der Waals surface area contributed by atoms with E-state index in [-0.39, 0.29) is 11.6 Å². The summed E-state index contributed by atoms with van der Waals surface area (Å²) in [7, 11) is 0. The normalized spacial score (nSPS) is 33.5. The Morgan fingerprint density at radius 2 is 2.31 bits per heavy atom. The number of halogens is 1. The van der Waals surface area contributed by atoms with Crippen molar-refractivity contribution in [2.75, 3.05) is 0 Å². The molecule has 3 heteroatoms. The van der Waals surface area contributed by atoms with Gasteiger partial charge >= 0.3 is 5.97 Å². The van der Waals surface area contributed by atoms with Crippen LogP contribution in [-0.2, 0) is 9.53 Å². The lowest BCUT2D eigenvalue weighted by atomic mass is 9.95. The summed E-state index contributed by atoms with van der Waals surface area (Å²) in [4.78, 5) is 11.1. The molecular weight excluding hydrogens is 188 g/mol.